The zero-order chi connectivity index (χ0) is 11.0. The van der Waals surface area contributed by atoms with Crippen molar-refractivity contribution < 1.29 is 4.79 Å². The van der Waals surface area contributed by atoms with E-state index in [4.69, 9.17) is 11.6 Å². The SMILES string of the molecule is Cn1nc(C(=O)CBr)c2ccc(Cl)cc21. The van der Waals surface area contributed by atoms with Gasteiger partial charge in [0.1, 0.15) is 5.69 Å². The highest BCUT2D eigenvalue weighted by molar-refractivity contribution is 9.09. The molecule has 15 heavy (non-hydrogen) atoms. The highest BCUT2D eigenvalue weighted by Crippen LogP contribution is 2.22. The molecule has 0 aliphatic heterocycles. The number of hydrogen-bond acceptors (Lipinski definition) is 2. The zero-order valence-corrected chi connectivity index (χ0v) is 10.3. The van der Waals surface area contributed by atoms with E-state index in [0.717, 1.165) is 10.9 Å². The third-order valence-corrected chi connectivity index (χ3v) is 2.94. The summed E-state index contributed by atoms with van der Waals surface area (Å²) < 4.78 is 1.66. The van der Waals surface area contributed by atoms with Crippen LogP contribution in [0.4, 0.5) is 0 Å². The van der Waals surface area contributed by atoms with Crippen LogP contribution in [0.3, 0.4) is 0 Å². The summed E-state index contributed by atoms with van der Waals surface area (Å²) in [4.78, 5) is 11.6. The van der Waals surface area contributed by atoms with Crippen molar-refractivity contribution in [1.82, 2.24) is 9.78 Å². The normalized spacial score (nSPS) is 10.9. The van der Waals surface area contributed by atoms with Crippen molar-refractivity contribution in [2.24, 2.45) is 7.05 Å². The predicted octanol–water partition coefficient (Wildman–Crippen LogP) is 2.80. The Hall–Kier alpha value is -0.870. The quantitative estimate of drug-likeness (QED) is 0.629. The maximum atomic E-state index is 11.6. The molecule has 0 atom stereocenters. The first-order valence-electron chi connectivity index (χ1n) is 4.35. The van der Waals surface area contributed by atoms with E-state index in [2.05, 4.69) is 21.0 Å². The first kappa shape index (κ1) is 10.6. The molecule has 0 aliphatic rings. The van der Waals surface area contributed by atoms with E-state index in [-0.39, 0.29) is 11.1 Å². The van der Waals surface area contributed by atoms with Crippen molar-refractivity contribution in [3.8, 4) is 0 Å². The lowest BCUT2D eigenvalue weighted by Crippen LogP contribution is -2.02. The van der Waals surface area contributed by atoms with Crippen molar-refractivity contribution in [3.05, 3.63) is 28.9 Å². The summed E-state index contributed by atoms with van der Waals surface area (Å²) in [6, 6.07) is 5.38. The molecule has 1 aromatic carbocycles. The van der Waals surface area contributed by atoms with Gasteiger partial charge in [0.25, 0.3) is 0 Å². The van der Waals surface area contributed by atoms with Gasteiger partial charge in [-0.1, -0.05) is 27.5 Å². The van der Waals surface area contributed by atoms with Crippen molar-refractivity contribution in [2.75, 3.05) is 5.33 Å². The average Bonchev–Trinajstić information content (AvgIpc) is 2.55. The molecular weight excluding hydrogens is 279 g/mol. The fourth-order valence-corrected chi connectivity index (χ4v) is 1.93. The monoisotopic (exact) mass is 286 g/mol. The molecule has 2 aromatic rings. The molecule has 0 N–H and O–H groups in total. The molecule has 78 valence electrons. The summed E-state index contributed by atoms with van der Waals surface area (Å²) in [5.41, 5.74) is 1.35. The number of benzene rings is 1. The Bertz CT molecular complexity index is 535. The fraction of sp³-hybridized carbons (Fsp3) is 0.200. The van der Waals surface area contributed by atoms with Crippen LogP contribution in [0.25, 0.3) is 10.9 Å². The van der Waals surface area contributed by atoms with E-state index in [1.165, 1.54) is 0 Å². The number of hydrogen-bond donors (Lipinski definition) is 0. The number of halogens is 2. The second-order valence-electron chi connectivity index (χ2n) is 3.19. The van der Waals surface area contributed by atoms with E-state index in [1.54, 1.807) is 23.9 Å². The smallest absolute Gasteiger partial charge is 0.194 e. The van der Waals surface area contributed by atoms with Gasteiger partial charge in [0.15, 0.2) is 5.78 Å². The predicted molar refractivity (Wildman–Crippen MR) is 63.8 cm³/mol. The summed E-state index contributed by atoms with van der Waals surface area (Å²) in [6.07, 6.45) is 0. The fourth-order valence-electron chi connectivity index (χ4n) is 1.50. The Labute approximate surface area is 100 Å². The highest BCUT2D eigenvalue weighted by atomic mass is 79.9. The van der Waals surface area contributed by atoms with Gasteiger partial charge in [-0.15, -0.1) is 0 Å². The number of aromatic nitrogens is 2. The molecule has 3 nitrogen and oxygen atoms in total. The van der Waals surface area contributed by atoms with Crippen molar-refractivity contribution in [3.63, 3.8) is 0 Å². The maximum absolute atomic E-state index is 11.6. The molecule has 0 saturated heterocycles. The van der Waals surface area contributed by atoms with Crippen LogP contribution in [0.1, 0.15) is 10.5 Å². The maximum Gasteiger partial charge on any atom is 0.194 e. The topological polar surface area (TPSA) is 34.9 Å². The van der Waals surface area contributed by atoms with E-state index in [9.17, 15) is 4.79 Å². The van der Waals surface area contributed by atoms with Crippen LogP contribution in [0.2, 0.25) is 5.02 Å². The average molecular weight is 288 g/mol. The summed E-state index contributed by atoms with van der Waals surface area (Å²) in [5, 5.41) is 5.94. The molecule has 0 radical (unpaired) electrons. The molecule has 0 unspecified atom stereocenters. The number of Topliss-reactive ketones (excluding diaryl/α,β-unsaturated/α-hetero) is 1. The Balaban J connectivity index is 2.73. The minimum Gasteiger partial charge on any atom is -0.291 e. The summed E-state index contributed by atoms with van der Waals surface area (Å²) >= 11 is 9.01. The number of carbonyl (C=O) groups is 1. The minimum atomic E-state index is -0.0251. The largest absolute Gasteiger partial charge is 0.291 e. The van der Waals surface area contributed by atoms with E-state index >= 15 is 0 Å². The first-order chi connectivity index (χ1) is 7.13. The Morgan fingerprint density at radius 3 is 3.00 bits per heavy atom. The molecule has 0 aliphatic carbocycles. The number of aryl methyl sites for hydroxylation is 1. The number of alkyl halides is 1. The van der Waals surface area contributed by atoms with Gasteiger partial charge < -0.3 is 0 Å². The lowest BCUT2D eigenvalue weighted by Gasteiger charge is -1.94. The van der Waals surface area contributed by atoms with Crippen LogP contribution >= 0.6 is 27.5 Å². The molecule has 0 bridgehead atoms. The van der Waals surface area contributed by atoms with E-state index in [1.807, 2.05) is 6.07 Å². The summed E-state index contributed by atoms with van der Waals surface area (Å²) in [5.74, 6) is -0.0251. The Morgan fingerprint density at radius 2 is 2.33 bits per heavy atom. The number of nitrogens with zero attached hydrogens (tertiary/aromatic N) is 2. The Kier molecular flexibility index (Phi) is 2.80. The molecule has 2 rings (SSSR count). The minimum absolute atomic E-state index is 0.0251. The first-order valence-corrected chi connectivity index (χ1v) is 5.85. The van der Waals surface area contributed by atoms with E-state index in [0.29, 0.717) is 10.7 Å². The summed E-state index contributed by atoms with van der Waals surface area (Å²) in [6.45, 7) is 0. The van der Waals surface area contributed by atoms with Gasteiger partial charge in [0, 0.05) is 17.5 Å². The van der Waals surface area contributed by atoms with Crippen LogP contribution < -0.4 is 0 Å². The van der Waals surface area contributed by atoms with Crippen molar-refractivity contribution >= 4 is 44.2 Å². The van der Waals surface area contributed by atoms with Gasteiger partial charge in [0.2, 0.25) is 0 Å². The number of ketones is 1. The van der Waals surface area contributed by atoms with Crippen molar-refractivity contribution in [2.45, 2.75) is 0 Å². The second kappa shape index (κ2) is 3.94. The van der Waals surface area contributed by atoms with Gasteiger partial charge in [-0.3, -0.25) is 9.48 Å². The highest BCUT2D eigenvalue weighted by Gasteiger charge is 2.14. The molecular formula is C10H8BrClN2O. The van der Waals surface area contributed by atoms with Crippen LogP contribution in [0.5, 0.6) is 0 Å². The number of fused-ring (bicyclic) bond motifs is 1. The number of carbonyl (C=O) groups excluding carboxylic acids is 1. The van der Waals surface area contributed by atoms with Crippen LogP contribution in [0, 0.1) is 0 Å². The molecule has 5 heteroatoms. The van der Waals surface area contributed by atoms with Gasteiger partial charge in [0.05, 0.1) is 10.8 Å². The summed E-state index contributed by atoms with van der Waals surface area (Å²) in [7, 11) is 1.80. The van der Waals surface area contributed by atoms with Crippen LogP contribution in [0.15, 0.2) is 18.2 Å². The zero-order valence-electron chi connectivity index (χ0n) is 8.00. The van der Waals surface area contributed by atoms with Gasteiger partial charge in [-0.05, 0) is 18.2 Å². The van der Waals surface area contributed by atoms with Crippen LogP contribution in [-0.4, -0.2) is 20.9 Å². The third-order valence-electron chi connectivity index (χ3n) is 2.20. The lowest BCUT2D eigenvalue weighted by atomic mass is 10.2. The van der Waals surface area contributed by atoms with E-state index < -0.39 is 0 Å². The lowest BCUT2D eigenvalue weighted by molar-refractivity contribution is 0.102. The molecule has 0 spiro atoms. The molecule has 1 heterocycles. The number of rotatable bonds is 2. The standard InChI is InChI=1S/C10H8BrClN2O/c1-14-8-4-6(12)2-3-7(8)10(13-14)9(15)5-11/h2-4H,5H2,1H3. The van der Waals surface area contributed by atoms with Gasteiger partial charge in [-0.25, -0.2) is 0 Å². The third kappa shape index (κ3) is 1.79. The van der Waals surface area contributed by atoms with Crippen molar-refractivity contribution in [1.29, 1.82) is 0 Å². The van der Waals surface area contributed by atoms with Gasteiger partial charge >= 0.3 is 0 Å². The molecule has 0 fully saturated rings. The second-order valence-corrected chi connectivity index (χ2v) is 4.19. The molecule has 1 aromatic heterocycles. The molecule has 0 amide bonds. The van der Waals surface area contributed by atoms with Crippen LogP contribution in [-0.2, 0) is 7.05 Å². The Morgan fingerprint density at radius 1 is 1.60 bits per heavy atom. The molecule has 0 saturated carbocycles. The van der Waals surface area contributed by atoms with Gasteiger partial charge in [-0.2, -0.15) is 5.10 Å².